The lowest BCUT2D eigenvalue weighted by Gasteiger charge is -2.18. The summed E-state index contributed by atoms with van der Waals surface area (Å²) in [7, 11) is 0. The largest absolute Gasteiger partial charge is 0.381 e. The van der Waals surface area contributed by atoms with E-state index >= 15 is 0 Å². The molecule has 1 aromatic carbocycles. The molecule has 4 heterocycles. The first-order valence-electron chi connectivity index (χ1n) is 10.8. The number of nitrogens with zero attached hydrogens (tertiary/aromatic N) is 4. The highest BCUT2D eigenvalue weighted by Gasteiger charge is 2.28. The van der Waals surface area contributed by atoms with Gasteiger partial charge < -0.3 is 14.2 Å². The Kier molecular flexibility index (Phi) is 5.45. The number of hydrogen-bond acceptors (Lipinski definition) is 6. The molecule has 30 heavy (non-hydrogen) atoms. The molecule has 2 aromatic heterocycles. The molecule has 0 bridgehead atoms. The predicted molar refractivity (Wildman–Crippen MR) is 111 cm³/mol. The van der Waals surface area contributed by atoms with Gasteiger partial charge in [0.25, 0.3) is 5.91 Å². The smallest absolute Gasteiger partial charge is 0.253 e. The molecule has 2 saturated heterocycles. The molecule has 2 aliphatic rings. The SMILES string of the molecule is O=C(c1ccc2ncccc2c1)N1CCC(CCc2noc(C3CCOCC3)n2)C1. The van der Waals surface area contributed by atoms with Crippen LogP contribution in [0.4, 0.5) is 0 Å². The van der Waals surface area contributed by atoms with Crippen molar-refractivity contribution < 1.29 is 14.1 Å². The minimum absolute atomic E-state index is 0.101. The Morgan fingerprint density at radius 3 is 2.97 bits per heavy atom. The number of hydrogen-bond donors (Lipinski definition) is 0. The minimum Gasteiger partial charge on any atom is -0.381 e. The Bertz CT molecular complexity index is 1030. The topological polar surface area (TPSA) is 81.4 Å². The molecule has 0 N–H and O–H groups in total. The molecule has 1 unspecified atom stereocenters. The first-order chi connectivity index (χ1) is 14.8. The van der Waals surface area contributed by atoms with Crippen LogP contribution in [0.2, 0.25) is 0 Å². The van der Waals surface area contributed by atoms with E-state index in [0.717, 1.165) is 86.6 Å². The van der Waals surface area contributed by atoms with Crippen molar-refractivity contribution in [3.05, 3.63) is 53.8 Å². The van der Waals surface area contributed by atoms with Crippen LogP contribution < -0.4 is 0 Å². The Balaban J connectivity index is 1.16. The summed E-state index contributed by atoms with van der Waals surface area (Å²) < 4.78 is 10.9. The molecule has 0 spiro atoms. The lowest BCUT2D eigenvalue weighted by Crippen LogP contribution is -2.28. The van der Waals surface area contributed by atoms with Crippen molar-refractivity contribution in [1.82, 2.24) is 20.0 Å². The van der Waals surface area contributed by atoms with Crippen molar-refractivity contribution >= 4 is 16.8 Å². The third kappa shape index (κ3) is 4.07. The number of aryl methyl sites for hydroxylation is 1. The number of aromatic nitrogens is 3. The maximum absolute atomic E-state index is 12.9. The summed E-state index contributed by atoms with van der Waals surface area (Å²) >= 11 is 0. The molecule has 0 radical (unpaired) electrons. The molecule has 1 atom stereocenters. The van der Waals surface area contributed by atoms with Gasteiger partial charge in [0.2, 0.25) is 5.89 Å². The Morgan fingerprint density at radius 2 is 2.07 bits per heavy atom. The lowest BCUT2D eigenvalue weighted by molar-refractivity contribution is 0.0778. The van der Waals surface area contributed by atoms with Crippen LogP contribution in [-0.4, -0.2) is 52.2 Å². The van der Waals surface area contributed by atoms with E-state index in [1.54, 1.807) is 6.20 Å². The number of amides is 1. The Morgan fingerprint density at radius 1 is 1.17 bits per heavy atom. The number of pyridine rings is 1. The van der Waals surface area contributed by atoms with E-state index in [1.165, 1.54) is 0 Å². The summed E-state index contributed by atoms with van der Waals surface area (Å²) in [6, 6.07) is 9.62. The van der Waals surface area contributed by atoms with Gasteiger partial charge in [-0.05, 0) is 55.9 Å². The minimum atomic E-state index is 0.101. The van der Waals surface area contributed by atoms with E-state index in [2.05, 4.69) is 15.1 Å². The number of carbonyl (C=O) groups excluding carboxylic acids is 1. The van der Waals surface area contributed by atoms with Gasteiger partial charge in [-0.15, -0.1) is 0 Å². The van der Waals surface area contributed by atoms with Gasteiger partial charge in [0, 0.05) is 55.8 Å². The van der Waals surface area contributed by atoms with Gasteiger partial charge >= 0.3 is 0 Å². The van der Waals surface area contributed by atoms with Gasteiger partial charge in [0.1, 0.15) is 0 Å². The summed E-state index contributed by atoms with van der Waals surface area (Å²) in [5.41, 5.74) is 1.64. The molecule has 7 heteroatoms. The molecule has 5 rings (SSSR count). The van der Waals surface area contributed by atoms with Crippen molar-refractivity contribution in [3.8, 4) is 0 Å². The maximum Gasteiger partial charge on any atom is 0.253 e. The van der Waals surface area contributed by atoms with Gasteiger partial charge in [0.05, 0.1) is 5.52 Å². The molecule has 0 aliphatic carbocycles. The average Bonchev–Trinajstić information content (AvgIpc) is 3.47. The van der Waals surface area contributed by atoms with Crippen LogP contribution in [0.1, 0.15) is 53.7 Å². The van der Waals surface area contributed by atoms with E-state index in [0.29, 0.717) is 11.8 Å². The van der Waals surface area contributed by atoms with Crippen LogP contribution in [-0.2, 0) is 11.2 Å². The van der Waals surface area contributed by atoms with E-state index in [1.807, 2.05) is 35.2 Å². The van der Waals surface area contributed by atoms with Crippen LogP contribution in [0.15, 0.2) is 41.1 Å². The zero-order chi connectivity index (χ0) is 20.3. The standard InChI is InChI=1S/C23H26N4O3/c28-23(19-4-5-20-18(14-19)2-1-10-24-20)27-11-7-16(15-27)3-6-21-25-22(30-26-21)17-8-12-29-13-9-17/h1-2,4-5,10,14,16-17H,3,6-9,11-13,15H2. The van der Waals surface area contributed by atoms with Crippen LogP contribution in [0.5, 0.6) is 0 Å². The first kappa shape index (κ1) is 19.2. The molecule has 2 aliphatic heterocycles. The van der Waals surface area contributed by atoms with Crippen LogP contribution in [0.3, 0.4) is 0 Å². The predicted octanol–water partition coefficient (Wildman–Crippen LogP) is 3.61. The van der Waals surface area contributed by atoms with Gasteiger partial charge in [-0.25, -0.2) is 0 Å². The Hall–Kier alpha value is -2.80. The fourth-order valence-electron chi connectivity index (χ4n) is 4.46. The van der Waals surface area contributed by atoms with Crippen molar-refractivity contribution in [2.24, 2.45) is 5.92 Å². The molecular formula is C23H26N4O3. The van der Waals surface area contributed by atoms with Crippen molar-refractivity contribution in [2.45, 2.75) is 38.0 Å². The number of carbonyl (C=O) groups is 1. The summed E-state index contributed by atoms with van der Waals surface area (Å²) in [6.45, 7) is 3.12. The zero-order valence-corrected chi connectivity index (χ0v) is 17.0. The molecule has 0 saturated carbocycles. The van der Waals surface area contributed by atoms with Crippen molar-refractivity contribution in [2.75, 3.05) is 26.3 Å². The third-order valence-electron chi connectivity index (χ3n) is 6.25. The number of rotatable bonds is 5. The van der Waals surface area contributed by atoms with E-state index in [9.17, 15) is 4.79 Å². The number of benzene rings is 1. The van der Waals surface area contributed by atoms with Crippen molar-refractivity contribution in [1.29, 1.82) is 0 Å². The summed E-state index contributed by atoms with van der Waals surface area (Å²) in [6.07, 6.45) is 6.45. The van der Waals surface area contributed by atoms with Gasteiger partial charge in [0.15, 0.2) is 5.82 Å². The zero-order valence-electron chi connectivity index (χ0n) is 17.0. The number of likely N-dealkylation sites (tertiary alicyclic amines) is 1. The summed E-state index contributed by atoms with van der Waals surface area (Å²) in [5, 5.41) is 5.17. The fraction of sp³-hybridized carbons (Fsp3) is 0.478. The van der Waals surface area contributed by atoms with E-state index < -0.39 is 0 Å². The molecule has 1 amide bonds. The highest BCUT2D eigenvalue weighted by atomic mass is 16.5. The lowest BCUT2D eigenvalue weighted by atomic mass is 10.0. The van der Waals surface area contributed by atoms with Crippen LogP contribution >= 0.6 is 0 Å². The fourth-order valence-corrected chi connectivity index (χ4v) is 4.46. The molecular weight excluding hydrogens is 380 g/mol. The van der Waals surface area contributed by atoms with Crippen molar-refractivity contribution in [3.63, 3.8) is 0 Å². The second-order valence-electron chi connectivity index (χ2n) is 8.29. The van der Waals surface area contributed by atoms with Gasteiger partial charge in [-0.3, -0.25) is 9.78 Å². The molecule has 2 fully saturated rings. The van der Waals surface area contributed by atoms with Gasteiger partial charge in [-0.1, -0.05) is 11.2 Å². The Labute approximate surface area is 175 Å². The van der Waals surface area contributed by atoms with E-state index in [-0.39, 0.29) is 5.91 Å². The highest BCUT2D eigenvalue weighted by molar-refractivity contribution is 5.98. The molecule has 156 valence electrons. The van der Waals surface area contributed by atoms with Crippen LogP contribution in [0.25, 0.3) is 10.9 Å². The highest BCUT2D eigenvalue weighted by Crippen LogP contribution is 2.27. The summed E-state index contributed by atoms with van der Waals surface area (Å²) in [4.78, 5) is 23.8. The number of ether oxygens (including phenoxy) is 1. The molecule has 3 aromatic rings. The normalized spacial score (nSPS) is 20.1. The monoisotopic (exact) mass is 406 g/mol. The van der Waals surface area contributed by atoms with Crippen LogP contribution in [0, 0.1) is 5.92 Å². The van der Waals surface area contributed by atoms with E-state index in [4.69, 9.17) is 9.26 Å². The third-order valence-corrected chi connectivity index (χ3v) is 6.25. The average molecular weight is 406 g/mol. The number of fused-ring (bicyclic) bond motifs is 1. The second-order valence-corrected chi connectivity index (χ2v) is 8.29. The molecule has 7 nitrogen and oxygen atoms in total. The first-order valence-corrected chi connectivity index (χ1v) is 10.8. The summed E-state index contributed by atoms with van der Waals surface area (Å²) in [5.74, 6) is 2.44. The van der Waals surface area contributed by atoms with Gasteiger partial charge in [-0.2, -0.15) is 4.98 Å². The maximum atomic E-state index is 12.9. The quantitative estimate of drug-likeness (QED) is 0.644. The second kappa shape index (κ2) is 8.52.